The van der Waals surface area contributed by atoms with E-state index < -0.39 is 0 Å². The number of thiazole rings is 1. The molecule has 1 aromatic heterocycles. The van der Waals surface area contributed by atoms with Crippen LogP contribution in [0.15, 0.2) is 58.9 Å². The van der Waals surface area contributed by atoms with Crippen LogP contribution in [0, 0.1) is 11.3 Å². The highest BCUT2D eigenvalue weighted by molar-refractivity contribution is 7.07. The minimum atomic E-state index is -0.121. The largest absolute Gasteiger partial charge is 0.380 e. The van der Waals surface area contributed by atoms with E-state index in [9.17, 15) is 4.79 Å². The zero-order valence-corrected chi connectivity index (χ0v) is 17.7. The van der Waals surface area contributed by atoms with Crippen molar-refractivity contribution in [2.75, 3.05) is 12.4 Å². The molecule has 0 saturated heterocycles. The molecule has 0 aliphatic heterocycles. The first-order valence-corrected chi connectivity index (χ1v) is 9.53. The van der Waals surface area contributed by atoms with Crippen LogP contribution in [-0.4, -0.2) is 17.6 Å². The van der Waals surface area contributed by atoms with Crippen LogP contribution in [0.4, 0.5) is 11.4 Å². The van der Waals surface area contributed by atoms with Crippen molar-refractivity contribution in [1.29, 1.82) is 5.26 Å². The summed E-state index contributed by atoms with van der Waals surface area (Å²) in [5.74, 6) is -0.121. The molecule has 0 fully saturated rings. The summed E-state index contributed by atoms with van der Waals surface area (Å²) in [6, 6.07) is 16.7. The summed E-state index contributed by atoms with van der Waals surface area (Å²) in [7, 11) is 3.56. The third-order valence-corrected chi connectivity index (χ3v) is 5.13. The third kappa shape index (κ3) is 5.78. The normalized spacial score (nSPS) is 10.9. The van der Waals surface area contributed by atoms with Crippen molar-refractivity contribution in [3.63, 3.8) is 0 Å². The summed E-state index contributed by atoms with van der Waals surface area (Å²) in [6.07, 6.45) is 0.238. The van der Waals surface area contributed by atoms with Crippen LogP contribution in [0.2, 0.25) is 0 Å². The maximum absolute atomic E-state index is 12.4. The molecule has 0 atom stereocenters. The number of rotatable bonds is 6. The van der Waals surface area contributed by atoms with Gasteiger partial charge in [0.05, 0.1) is 30.3 Å². The lowest BCUT2D eigenvalue weighted by molar-refractivity contribution is -0.115. The van der Waals surface area contributed by atoms with E-state index in [0.29, 0.717) is 17.9 Å². The first kappa shape index (κ1) is 22.4. The maximum atomic E-state index is 12.4. The lowest BCUT2D eigenvalue weighted by Gasteiger charge is -2.06. The fourth-order valence-corrected chi connectivity index (χ4v) is 3.57. The fourth-order valence-electron chi connectivity index (χ4n) is 2.66. The molecule has 0 radical (unpaired) electrons. The number of anilines is 1. The van der Waals surface area contributed by atoms with Crippen LogP contribution in [0.25, 0.3) is 0 Å². The molecule has 1 amide bonds. The number of hydrogen-bond acceptors (Lipinski definition) is 5. The first-order chi connectivity index (χ1) is 13.6. The number of nitrogens with zero attached hydrogens (tertiary/aromatic N) is 3. The van der Waals surface area contributed by atoms with Crippen LogP contribution >= 0.6 is 23.7 Å². The van der Waals surface area contributed by atoms with Crippen molar-refractivity contribution in [3.8, 4) is 6.07 Å². The minimum Gasteiger partial charge on any atom is -0.380 e. The molecule has 0 aliphatic rings. The van der Waals surface area contributed by atoms with Crippen molar-refractivity contribution in [1.82, 2.24) is 4.57 Å². The van der Waals surface area contributed by atoms with E-state index in [1.54, 1.807) is 31.4 Å². The molecular weight excluding hydrogens is 408 g/mol. The van der Waals surface area contributed by atoms with Crippen LogP contribution in [0.5, 0.6) is 0 Å². The summed E-state index contributed by atoms with van der Waals surface area (Å²) >= 11 is 1.49. The van der Waals surface area contributed by atoms with Gasteiger partial charge in [-0.15, -0.1) is 23.7 Å². The maximum Gasteiger partial charge on any atom is 0.230 e. The van der Waals surface area contributed by atoms with Gasteiger partial charge in [-0.2, -0.15) is 5.26 Å². The Morgan fingerprint density at radius 1 is 1.24 bits per heavy atom. The van der Waals surface area contributed by atoms with Crippen LogP contribution < -0.4 is 10.1 Å². The summed E-state index contributed by atoms with van der Waals surface area (Å²) < 4.78 is 7.15. The quantitative estimate of drug-likeness (QED) is 0.645. The summed E-state index contributed by atoms with van der Waals surface area (Å²) in [6.45, 7) is 0.495. The lowest BCUT2D eigenvalue weighted by atomic mass is 10.2. The number of methoxy groups -OCH3 is 1. The van der Waals surface area contributed by atoms with Crippen LogP contribution in [0.1, 0.15) is 16.8 Å². The summed E-state index contributed by atoms with van der Waals surface area (Å²) in [5, 5.41) is 13.6. The average molecular weight is 429 g/mol. The summed E-state index contributed by atoms with van der Waals surface area (Å²) in [4.78, 5) is 17.9. The van der Waals surface area contributed by atoms with Crippen LogP contribution in [0.3, 0.4) is 0 Å². The molecule has 0 saturated carbocycles. The highest BCUT2D eigenvalue weighted by atomic mass is 35.5. The molecule has 29 heavy (non-hydrogen) atoms. The van der Waals surface area contributed by atoms with Crippen molar-refractivity contribution in [3.05, 3.63) is 75.5 Å². The molecule has 6 nitrogen and oxygen atoms in total. The van der Waals surface area contributed by atoms with Gasteiger partial charge in [-0.25, -0.2) is 4.99 Å². The van der Waals surface area contributed by atoms with Gasteiger partial charge in [0.15, 0.2) is 4.80 Å². The molecule has 0 spiro atoms. The topological polar surface area (TPSA) is 79.4 Å². The van der Waals surface area contributed by atoms with Gasteiger partial charge in [0.2, 0.25) is 5.91 Å². The second-order valence-corrected chi connectivity index (χ2v) is 6.99. The van der Waals surface area contributed by atoms with Crippen LogP contribution in [-0.2, 0) is 29.6 Å². The van der Waals surface area contributed by atoms with E-state index in [1.165, 1.54) is 11.3 Å². The minimum absolute atomic E-state index is 0. The van der Waals surface area contributed by atoms with Crippen molar-refractivity contribution in [2.24, 2.45) is 12.0 Å². The smallest absolute Gasteiger partial charge is 0.230 e. The molecule has 1 N–H and O–H groups in total. The first-order valence-electron chi connectivity index (χ1n) is 8.65. The van der Waals surface area contributed by atoms with E-state index in [4.69, 9.17) is 15.0 Å². The lowest BCUT2D eigenvalue weighted by Crippen LogP contribution is -2.19. The van der Waals surface area contributed by atoms with E-state index in [1.807, 2.05) is 41.3 Å². The van der Waals surface area contributed by atoms with Gasteiger partial charge in [0.25, 0.3) is 0 Å². The number of carbonyl (C=O) groups is 1. The number of hydrogen-bond donors (Lipinski definition) is 1. The number of carbonyl (C=O) groups excluding carboxylic acids is 1. The Morgan fingerprint density at radius 2 is 1.97 bits per heavy atom. The number of halogens is 1. The molecule has 0 bridgehead atoms. The number of nitriles is 1. The third-order valence-electron chi connectivity index (χ3n) is 4.17. The number of para-hydroxylation sites is 1. The van der Waals surface area contributed by atoms with E-state index in [-0.39, 0.29) is 24.7 Å². The highest BCUT2D eigenvalue weighted by Crippen LogP contribution is 2.19. The van der Waals surface area contributed by atoms with Crippen molar-refractivity contribution >= 4 is 41.0 Å². The Hall–Kier alpha value is -2.92. The Kier molecular flexibility index (Phi) is 8.16. The average Bonchev–Trinajstić information content (AvgIpc) is 3.03. The van der Waals surface area contributed by atoms with Gasteiger partial charge < -0.3 is 14.6 Å². The van der Waals surface area contributed by atoms with Crippen molar-refractivity contribution in [2.45, 2.75) is 13.0 Å². The zero-order valence-electron chi connectivity index (χ0n) is 16.1. The number of ether oxygens (including phenoxy) is 1. The molecule has 0 unspecified atom stereocenters. The van der Waals surface area contributed by atoms with Gasteiger partial charge in [0, 0.05) is 36.5 Å². The predicted molar refractivity (Wildman–Crippen MR) is 116 cm³/mol. The Morgan fingerprint density at radius 3 is 2.66 bits per heavy atom. The van der Waals surface area contributed by atoms with E-state index >= 15 is 0 Å². The van der Waals surface area contributed by atoms with E-state index in [2.05, 4.69) is 11.4 Å². The number of benzene rings is 2. The molecule has 150 valence electrons. The molecule has 0 aliphatic carbocycles. The zero-order chi connectivity index (χ0) is 19.9. The van der Waals surface area contributed by atoms with Gasteiger partial charge >= 0.3 is 0 Å². The number of amides is 1. The number of nitrogens with one attached hydrogen (secondary N) is 1. The molecular formula is C21H21ClN4O2S. The van der Waals surface area contributed by atoms with Gasteiger partial charge in [0.1, 0.15) is 0 Å². The molecule has 8 heteroatoms. The summed E-state index contributed by atoms with van der Waals surface area (Å²) in [5.41, 5.74) is 3.97. The standard InChI is InChI=1S/C21H20N4O2S.ClH/c1-25-18(11-20(26)23-17-9-7-15(12-22)8-10-17)14-28-21(25)24-19-6-4-3-5-16(19)13-27-2;/h3-10,14H,11,13H2,1-2H3,(H,23,26);1H. The Bertz CT molecular complexity index is 1080. The van der Waals surface area contributed by atoms with Gasteiger partial charge in [-0.3, -0.25) is 4.79 Å². The predicted octanol–water partition coefficient (Wildman–Crippen LogP) is 3.94. The SMILES string of the molecule is COCc1ccccc1N=c1scc(CC(=O)Nc2ccc(C#N)cc2)n1C.Cl. The number of aromatic nitrogens is 1. The molecule has 3 rings (SSSR count). The Labute approximate surface area is 179 Å². The molecule has 3 aromatic rings. The second kappa shape index (κ2) is 10.6. The Balaban J connectivity index is 0.00000300. The second-order valence-electron chi connectivity index (χ2n) is 6.16. The highest BCUT2D eigenvalue weighted by Gasteiger charge is 2.09. The monoisotopic (exact) mass is 428 g/mol. The molecule has 1 heterocycles. The van der Waals surface area contributed by atoms with Gasteiger partial charge in [-0.05, 0) is 30.3 Å². The fraction of sp³-hybridized carbons (Fsp3) is 0.190. The van der Waals surface area contributed by atoms with E-state index in [0.717, 1.165) is 21.7 Å². The van der Waals surface area contributed by atoms with Crippen molar-refractivity contribution < 1.29 is 9.53 Å². The van der Waals surface area contributed by atoms with Gasteiger partial charge in [-0.1, -0.05) is 18.2 Å². The molecule has 2 aromatic carbocycles.